The van der Waals surface area contributed by atoms with E-state index in [9.17, 15) is 0 Å². The molecule has 0 saturated carbocycles. The molecule has 0 atom stereocenters. The van der Waals surface area contributed by atoms with Gasteiger partial charge in [-0.25, -0.2) is 0 Å². The standard InChI is InChI=1S/C14H19BrN2/c1-10(2)16-7-3-4-11-9-17-14-6-5-12(15)8-13(11)14/h5-6,8-10,16-17H,3-4,7H2,1-2H3. The quantitative estimate of drug-likeness (QED) is 0.805. The van der Waals surface area contributed by atoms with E-state index >= 15 is 0 Å². The van der Waals surface area contributed by atoms with Crippen molar-refractivity contribution in [3.63, 3.8) is 0 Å². The molecule has 0 amide bonds. The van der Waals surface area contributed by atoms with Gasteiger partial charge in [0.15, 0.2) is 0 Å². The number of hydrogen-bond donors (Lipinski definition) is 2. The van der Waals surface area contributed by atoms with E-state index in [-0.39, 0.29) is 0 Å². The summed E-state index contributed by atoms with van der Waals surface area (Å²) in [6.07, 6.45) is 4.43. The molecule has 2 aromatic rings. The minimum atomic E-state index is 0.576. The number of hydrogen-bond acceptors (Lipinski definition) is 1. The zero-order valence-electron chi connectivity index (χ0n) is 10.4. The van der Waals surface area contributed by atoms with Crippen molar-refractivity contribution in [3.8, 4) is 0 Å². The van der Waals surface area contributed by atoms with Crippen molar-refractivity contribution < 1.29 is 0 Å². The monoisotopic (exact) mass is 294 g/mol. The number of rotatable bonds is 5. The molecule has 0 saturated heterocycles. The third-order valence-electron chi connectivity index (χ3n) is 2.90. The number of nitrogens with one attached hydrogen (secondary N) is 2. The van der Waals surface area contributed by atoms with Crippen LogP contribution in [0.2, 0.25) is 0 Å². The van der Waals surface area contributed by atoms with Gasteiger partial charge >= 0.3 is 0 Å². The largest absolute Gasteiger partial charge is 0.361 e. The van der Waals surface area contributed by atoms with Crippen molar-refractivity contribution in [2.75, 3.05) is 6.54 Å². The van der Waals surface area contributed by atoms with Crippen LogP contribution >= 0.6 is 15.9 Å². The fraction of sp³-hybridized carbons (Fsp3) is 0.429. The molecule has 0 fully saturated rings. The van der Waals surface area contributed by atoms with E-state index in [0.717, 1.165) is 17.4 Å². The van der Waals surface area contributed by atoms with Gasteiger partial charge in [-0.05, 0) is 43.1 Å². The molecule has 2 nitrogen and oxygen atoms in total. The summed E-state index contributed by atoms with van der Waals surface area (Å²) in [7, 11) is 0. The van der Waals surface area contributed by atoms with Crippen molar-refractivity contribution in [2.24, 2.45) is 0 Å². The second kappa shape index (κ2) is 5.69. The minimum Gasteiger partial charge on any atom is -0.361 e. The zero-order chi connectivity index (χ0) is 12.3. The van der Waals surface area contributed by atoms with E-state index in [2.05, 4.69) is 64.5 Å². The second-order valence-corrected chi connectivity index (χ2v) is 5.63. The summed E-state index contributed by atoms with van der Waals surface area (Å²) < 4.78 is 1.14. The van der Waals surface area contributed by atoms with Crippen LogP contribution in [0.1, 0.15) is 25.8 Å². The average Bonchev–Trinajstić information content (AvgIpc) is 2.67. The maximum absolute atomic E-state index is 3.53. The first-order chi connectivity index (χ1) is 8.16. The van der Waals surface area contributed by atoms with Gasteiger partial charge in [0.1, 0.15) is 0 Å². The summed E-state index contributed by atoms with van der Waals surface area (Å²) in [6, 6.07) is 6.96. The molecule has 0 aliphatic heterocycles. The molecular formula is C14H19BrN2. The van der Waals surface area contributed by atoms with Crippen molar-refractivity contribution >= 4 is 26.8 Å². The van der Waals surface area contributed by atoms with E-state index in [1.165, 1.54) is 22.9 Å². The van der Waals surface area contributed by atoms with E-state index in [0.29, 0.717) is 6.04 Å². The van der Waals surface area contributed by atoms with Gasteiger partial charge < -0.3 is 10.3 Å². The molecule has 0 aliphatic rings. The molecule has 3 heteroatoms. The van der Waals surface area contributed by atoms with Crippen LogP contribution in [0.3, 0.4) is 0 Å². The molecule has 1 aromatic carbocycles. The number of aryl methyl sites for hydroxylation is 1. The summed E-state index contributed by atoms with van der Waals surface area (Å²) in [4.78, 5) is 3.32. The van der Waals surface area contributed by atoms with Gasteiger partial charge in [0, 0.05) is 27.6 Å². The molecule has 2 rings (SSSR count). The smallest absolute Gasteiger partial charge is 0.0457 e. The summed E-state index contributed by atoms with van der Waals surface area (Å²) in [5.74, 6) is 0. The van der Waals surface area contributed by atoms with Gasteiger partial charge in [-0.2, -0.15) is 0 Å². The molecule has 0 radical (unpaired) electrons. The lowest BCUT2D eigenvalue weighted by molar-refractivity contribution is 0.571. The van der Waals surface area contributed by atoms with Gasteiger partial charge in [0.25, 0.3) is 0 Å². The lowest BCUT2D eigenvalue weighted by Gasteiger charge is -2.07. The maximum Gasteiger partial charge on any atom is 0.0457 e. The highest BCUT2D eigenvalue weighted by molar-refractivity contribution is 9.10. The first kappa shape index (κ1) is 12.7. The Morgan fingerprint density at radius 2 is 2.18 bits per heavy atom. The molecule has 0 unspecified atom stereocenters. The zero-order valence-corrected chi connectivity index (χ0v) is 12.0. The Kier molecular flexibility index (Phi) is 4.24. The molecule has 1 heterocycles. The van der Waals surface area contributed by atoms with Crippen LogP contribution < -0.4 is 5.32 Å². The normalized spacial score (nSPS) is 11.5. The molecule has 0 aliphatic carbocycles. The lowest BCUT2D eigenvalue weighted by atomic mass is 10.1. The lowest BCUT2D eigenvalue weighted by Crippen LogP contribution is -2.23. The van der Waals surface area contributed by atoms with Crippen LogP contribution in [0.5, 0.6) is 0 Å². The SMILES string of the molecule is CC(C)NCCCc1c[nH]c2ccc(Br)cc12. The van der Waals surface area contributed by atoms with E-state index in [1.54, 1.807) is 0 Å². The summed E-state index contributed by atoms with van der Waals surface area (Å²) in [5.41, 5.74) is 2.63. The predicted molar refractivity (Wildman–Crippen MR) is 77.5 cm³/mol. The van der Waals surface area contributed by atoms with Crippen molar-refractivity contribution in [3.05, 3.63) is 34.4 Å². The minimum absolute atomic E-state index is 0.576. The van der Waals surface area contributed by atoms with E-state index in [1.807, 2.05) is 0 Å². The number of halogens is 1. The molecule has 0 bridgehead atoms. The Hall–Kier alpha value is -0.800. The maximum atomic E-state index is 3.53. The third kappa shape index (κ3) is 3.33. The van der Waals surface area contributed by atoms with Crippen molar-refractivity contribution in [1.82, 2.24) is 10.3 Å². The average molecular weight is 295 g/mol. The number of fused-ring (bicyclic) bond motifs is 1. The summed E-state index contributed by atoms with van der Waals surface area (Å²) >= 11 is 3.53. The first-order valence-electron chi connectivity index (χ1n) is 6.15. The topological polar surface area (TPSA) is 27.8 Å². The number of aromatic amines is 1. The van der Waals surface area contributed by atoms with Gasteiger partial charge in [0.05, 0.1) is 0 Å². The Balaban J connectivity index is 2.01. The molecule has 0 spiro atoms. The molecule has 2 N–H and O–H groups in total. The highest BCUT2D eigenvalue weighted by Gasteiger charge is 2.03. The predicted octanol–water partition coefficient (Wildman–Crippen LogP) is 3.86. The van der Waals surface area contributed by atoms with Crippen LogP contribution in [0.25, 0.3) is 10.9 Å². The van der Waals surface area contributed by atoms with Crippen LogP contribution in [-0.2, 0) is 6.42 Å². The molecule has 17 heavy (non-hydrogen) atoms. The highest BCUT2D eigenvalue weighted by Crippen LogP contribution is 2.23. The van der Waals surface area contributed by atoms with Crippen LogP contribution in [0, 0.1) is 0 Å². The van der Waals surface area contributed by atoms with Crippen LogP contribution in [-0.4, -0.2) is 17.6 Å². The van der Waals surface area contributed by atoms with Gasteiger partial charge in [-0.1, -0.05) is 29.8 Å². The van der Waals surface area contributed by atoms with E-state index in [4.69, 9.17) is 0 Å². The van der Waals surface area contributed by atoms with Crippen LogP contribution in [0.4, 0.5) is 0 Å². The van der Waals surface area contributed by atoms with Gasteiger partial charge in [-0.15, -0.1) is 0 Å². The second-order valence-electron chi connectivity index (χ2n) is 4.72. The van der Waals surface area contributed by atoms with Crippen molar-refractivity contribution in [2.45, 2.75) is 32.7 Å². The highest BCUT2D eigenvalue weighted by atomic mass is 79.9. The number of aromatic nitrogens is 1. The fourth-order valence-corrected chi connectivity index (χ4v) is 2.39. The van der Waals surface area contributed by atoms with Crippen molar-refractivity contribution in [1.29, 1.82) is 0 Å². The van der Waals surface area contributed by atoms with E-state index < -0.39 is 0 Å². The number of benzene rings is 1. The number of H-pyrrole nitrogens is 1. The van der Waals surface area contributed by atoms with Gasteiger partial charge in [-0.3, -0.25) is 0 Å². The Morgan fingerprint density at radius 1 is 1.35 bits per heavy atom. The Bertz CT molecular complexity index is 488. The summed E-state index contributed by atoms with van der Waals surface area (Å²) in [6.45, 7) is 5.45. The Morgan fingerprint density at radius 3 is 2.94 bits per heavy atom. The van der Waals surface area contributed by atoms with Gasteiger partial charge in [0.2, 0.25) is 0 Å². The molecule has 1 aromatic heterocycles. The van der Waals surface area contributed by atoms with Crippen LogP contribution in [0.15, 0.2) is 28.9 Å². The molecular weight excluding hydrogens is 276 g/mol. The first-order valence-corrected chi connectivity index (χ1v) is 6.95. The summed E-state index contributed by atoms with van der Waals surface area (Å²) in [5, 5.41) is 4.78. The fourth-order valence-electron chi connectivity index (χ4n) is 2.03. The molecule has 92 valence electrons. The Labute approximate surface area is 111 Å². The third-order valence-corrected chi connectivity index (χ3v) is 3.40.